The van der Waals surface area contributed by atoms with Crippen molar-refractivity contribution in [2.24, 2.45) is 0 Å². The number of aryl methyl sites for hydroxylation is 2. The number of carbonyl (C=O) groups excluding carboxylic acids is 1. The first-order valence-corrected chi connectivity index (χ1v) is 9.43. The van der Waals surface area contributed by atoms with Gasteiger partial charge in [-0.25, -0.2) is 8.42 Å². The maximum Gasteiger partial charge on any atom is 0.261 e. The summed E-state index contributed by atoms with van der Waals surface area (Å²) in [6.07, 6.45) is 0. The quantitative estimate of drug-likeness (QED) is 0.909. The molecule has 25 heavy (non-hydrogen) atoms. The number of rotatable bonds is 4. The fourth-order valence-corrected chi connectivity index (χ4v) is 3.74. The minimum Gasteiger partial charge on any atom is -0.370 e. The van der Waals surface area contributed by atoms with Gasteiger partial charge in [0, 0.05) is 17.9 Å². The molecule has 1 heterocycles. The van der Waals surface area contributed by atoms with Crippen molar-refractivity contribution in [3.8, 4) is 0 Å². The van der Waals surface area contributed by atoms with Crippen LogP contribution in [-0.4, -0.2) is 34.1 Å². The Morgan fingerprint density at radius 2 is 1.76 bits per heavy atom. The van der Waals surface area contributed by atoms with E-state index in [2.05, 4.69) is 4.72 Å². The molecule has 0 unspecified atom stereocenters. The summed E-state index contributed by atoms with van der Waals surface area (Å²) in [5.74, 6) is -0.102. The van der Waals surface area contributed by atoms with Crippen molar-refractivity contribution < 1.29 is 17.9 Å². The highest BCUT2D eigenvalue weighted by Gasteiger charge is 2.20. The van der Waals surface area contributed by atoms with Crippen LogP contribution in [0.4, 0.5) is 11.4 Å². The number of nitrogens with one attached hydrogen (secondary N) is 1. The maximum atomic E-state index is 12.5. The molecule has 2 aromatic rings. The van der Waals surface area contributed by atoms with Crippen molar-refractivity contribution in [1.82, 2.24) is 0 Å². The minimum atomic E-state index is -3.65. The van der Waals surface area contributed by atoms with Crippen LogP contribution in [0.25, 0.3) is 0 Å². The number of benzene rings is 2. The van der Waals surface area contributed by atoms with Crippen LogP contribution in [0.5, 0.6) is 0 Å². The SMILES string of the molecule is Cc1ccc(S(=O)(=O)Nc2ccc(N3CCOCC3=O)cc2)cc1C. The molecule has 1 aliphatic rings. The van der Waals surface area contributed by atoms with E-state index in [1.807, 2.05) is 13.8 Å². The Morgan fingerprint density at radius 3 is 2.40 bits per heavy atom. The number of morpholine rings is 1. The van der Waals surface area contributed by atoms with E-state index < -0.39 is 10.0 Å². The predicted octanol–water partition coefficient (Wildman–Crippen LogP) is 2.47. The van der Waals surface area contributed by atoms with Crippen molar-refractivity contribution >= 4 is 27.3 Å². The Hall–Kier alpha value is -2.38. The molecule has 3 rings (SSSR count). The van der Waals surface area contributed by atoms with E-state index in [-0.39, 0.29) is 17.4 Å². The lowest BCUT2D eigenvalue weighted by Crippen LogP contribution is -2.41. The van der Waals surface area contributed by atoms with E-state index in [4.69, 9.17) is 4.74 Å². The fourth-order valence-electron chi connectivity index (χ4n) is 2.60. The monoisotopic (exact) mass is 360 g/mol. The van der Waals surface area contributed by atoms with Crippen LogP contribution in [0.3, 0.4) is 0 Å². The first kappa shape index (κ1) is 17.4. The summed E-state index contributed by atoms with van der Waals surface area (Å²) in [6.45, 7) is 4.87. The molecule has 0 saturated carbocycles. The summed E-state index contributed by atoms with van der Waals surface area (Å²) in [5, 5.41) is 0. The second kappa shape index (κ2) is 6.85. The number of hydrogen-bond donors (Lipinski definition) is 1. The number of anilines is 2. The fraction of sp³-hybridized carbons (Fsp3) is 0.278. The molecular formula is C18H20N2O4S. The Morgan fingerprint density at radius 1 is 1.04 bits per heavy atom. The van der Waals surface area contributed by atoms with Gasteiger partial charge in [0.25, 0.3) is 15.9 Å². The van der Waals surface area contributed by atoms with Gasteiger partial charge >= 0.3 is 0 Å². The van der Waals surface area contributed by atoms with E-state index in [9.17, 15) is 13.2 Å². The van der Waals surface area contributed by atoms with Crippen molar-refractivity contribution in [2.75, 3.05) is 29.4 Å². The molecule has 1 saturated heterocycles. The predicted molar refractivity (Wildman–Crippen MR) is 96.3 cm³/mol. The van der Waals surface area contributed by atoms with Crippen molar-refractivity contribution in [3.63, 3.8) is 0 Å². The lowest BCUT2D eigenvalue weighted by atomic mass is 10.1. The number of amides is 1. The summed E-state index contributed by atoms with van der Waals surface area (Å²) in [7, 11) is -3.65. The minimum absolute atomic E-state index is 0.0706. The van der Waals surface area contributed by atoms with Gasteiger partial charge in [-0.1, -0.05) is 6.07 Å². The first-order valence-electron chi connectivity index (χ1n) is 7.95. The van der Waals surface area contributed by atoms with Crippen molar-refractivity contribution in [1.29, 1.82) is 0 Å². The largest absolute Gasteiger partial charge is 0.370 e. The molecular weight excluding hydrogens is 340 g/mol. The number of hydrogen-bond acceptors (Lipinski definition) is 4. The maximum absolute atomic E-state index is 12.5. The number of ether oxygens (including phenoxy) is 1. The highest BCUT2D eigenvalue weighted by Crippen LogP contribution is 2.22. The summed E-state index contributed by atoms with van der Waals surface area (Å²) < 4.78 is 32.7. The van der Waals surface area contributed by atoms with Gasteiger partial charge in [0.15, 0.2) is 0 Å². The average Bonchev–Trinajstić information content (AvgIpc) is 2.58. The number of sulfonamides is 1. The third kappa shape index (κ3) is 3.83. The molecule has 1 amide bonds. The molecule has 7 heteroatoms. The molecule has 0 aromatic heterocycles. The van der Waals surface area contributed by atoms with E-state index in [1.165, 1.54) is 0 Å². The van der Waals surface area contributed by atoms with Gasteiger partial charge in [0.05, 0.1) is 11.5 Å². The normalized spacial score (nSPS) is 15.3. The third-order valence-corrected chi connectivity index (χ3v) is 5.58. The molecule has 0 atom stereocenters. The smallest absolute Gasteiger partial charge is 0.261 e. The molecule has 132 valence electrons. The standard InChI is InChI=1S/C18H20N2O4S/c1-13-3-8-17(11-14(13)2)25(22,23)19-15-4-6-16(7-5-15)20-9-10-24-12-18(20)21/h3-8,11,19H,9-10,12H2,1-2H3. The molecule has 1 N–H and O–H groups in total. The van der Waals surface area contributed by atoms with Crippen LogP contribution in [0, 0.1) is 13.8 Å². The van der Waals surface area contributed by atoms with Gasteiger partial charge in [0.2, 0.25) is 0 Å². The molecule has 0 radical (unpaired) electrons. The van der Waals surface area contributed by atoms with Crippen LogP contribution >= 0.6 is 0 Å². The lowest BCUT2D eigenvalue weighted by Gasteiger charge is -2.26. The number of carbonyl (C=O) groups is 1. The zero-order valence-corrected chi connectivity index (χ0v) is 15.0. The van der Waals surface area contributed by atoms with Gasteiger partial charge in [-0.3, -0.25) is 9.52 Å². The van der Waals surface area contributed by atoms with Gasteiger partial charge < -0.3 is 9.64 Å². The Labute approximate surface area is 147 Å². The molecule has 0 aliphatic carbocycles. The first-order chi connectivity index (χ1) is 11.9. The average molecular weight is 360 g/mol. The molecule has 6 nitrogen and oxygen atoms in total. The van der Waals surface area contributed by atoms with Crippen LogP contribution in [-0.2, 0) is 19.6 Å². The second-order valence-corrected chi connectivity index (χ2v) is 7.68. The summed E-state index contributed by atoms with van der Waals surface area (Å²) in [5.41, 5.74) is 3.13. The Kier molecular flexibility index (Phi) is 4.78. The van der Waals surface area contributed by atoms with Crippen molar-refractivity contribution in [2.45, 2.75) is 18.7 Å². The summed E-state index contributed by atoms with van der Waals surface area (Å²) in [4.78, 5) is 13.7. The summed E-state index contributed by atoms with van der Waals surface area (Å²) in [6, 6.07) is 11.8. The van der Waals surface area contributed by atoms with Gasteiger partial charge in [-0.05, 0) is 61.4 Å². The molecule has 1 aliphatic heterocycles. The van der Waals surface area contributed by atoms with Gasteiger partial charge in [-0.15, -0.1) is 0 Å². The zero-order valence-electron chi connectivity index (χ0n) is 14.2. The highest BCUT2D eigenvalue weighted by atomic mass is 32.2. The Bertz CT molecular complexity index is 892. The summed E-state index contributed by atoms with van der Waals surface area (Å²) >= 11 is 0. The number of nitrogens with zero attached hydrogens (tertiary/aromatic N) is 1. The molecule has 0 spiro atoms. The van der Waals surface area contributed by atoms with E-state index >= 15 is 0 Å². The third-order valence-electron chi connectivity index (χ3n) is 4.21. The lowest BCUT2D eigenvalue weighted by molar-refractivity contribution is -0.125. The van der Waals surface area contributed by atoms with Gasteiger partial charge in [-0.2, -0.15) is 0 Å². The van der Waals surface area contributed by atoms with E-state index in [0.717, 1.165) is 16.8 Å². The second-order valence-electron chi connectivity index (χ2n) is 6.00. The van der Waals surface area contributed by atoms with Crippen LogP contribution in [0.15, 0.2) is 47.4 Å². The van der Waals surface area contributed by atoms with E-state index in [0.29, 0.717) is 18.8 Å². The topological polar surface area (TPSA) is 75.7 Å². The Balaban J connectivity index is 1.78. The molecule has 0 bridgehead atoms. The van der Waals surface area contributed by atoms with Crippen molar-refractivity contribution in [3.05, 3.63) is 53.6 Å². The highest BCUT2D eigenvalue weighted by molar-refractivity contribution is 7.92. The zero-order chi connectivity index (χ0) is 18.0. The van der Waals surface area contributed by atoms with Crippen LogP contribution in [0.1, 0.15) is 11.1 Å². The molecule has 1 fully saturated rings. The van der Waals surface area contributed by atoms with E-state index in [1.54, 1.807) is 47.4 Å². The van der Waals surface area contributed by atoms with Gasteiger partial charge in [0.1, 0.15) is 6.61 Å². The molecule has 2 aromatic carbocycles. The van der Waals surface area contributed by atoms with Crippen LogP contribution in [0.2, 0.25) is 0 Å². The van der Waals surface area contributed by atoms with Crippen LogP contribution < -0.4 is 9.62 Å².